The van der Waals surface area contributed by atoms with E-state index < -0.39 is 10.0 Å². The van der Waals surface area contributed by atoms with Gasteiger partial charge in [-0.3, -0.25) is 0 Å². The van der Waals surface area contributed by atoms with Crippen molar-refractivity contribution in [3.63, 3.8) is 0 Å². The maximum absolute atomic E-state index is 12.7. The molecule has 0 bridgehead atoms. The molecule has 0 saturated heterocycles. The van der Waals surface area contributed by atoms with Gasteiger partial charge in [0.25, 0.3) is 0 Å². The van der Waals surface area contributed by atoms with Gasteiger partial charge in [-0.1, -0.05) is 23.7 Å². The lowest BCUT2D eigenvalue weighted by Gasteiger charge is -2.27. The van der Waals surface area contributed by atoms with Gasteiger partial charge in [0, 0.05) is 23.7 Å². The summed E-state index contributed by atoms with van der Waals surface area (Å²) in [5.74, 6) is -0.113. The normalized spacial score (nSPS) is 22.7. The predicted molar refractivity (Wildman–Crippen MR) is 89.3 cm³/mol. The largest absolute Gasteiger partial charge is 0.356 e. The van der Waals surface area contributed by atoms with Crippen molar-refractivity contribution in [3.8, 4) is 0 Å². The fraction of sp³-hybridized carbons (Fsp3) is 0.533. The second kappa shape index (κ2) is 6.22. The van der Waals surface area contributed by atoms with Crippen molar-refractivity contribution in [2.24, 2.45) is 0 Å². The lowest BCUT2D eigenvalue weighted by atomic mass is 10.2. The van der Waals surface area contributed by atoms with Crippen molar-refractivity contribution in [2.45, 2.75) is 36.3 Å². The third-order valence-electron chi connectivity index (χ3n) is 4.40. The van der Waals surface area contributed by atoms with Crippen LogP contribution in [0.3, 0.4) is 0 Å². The lowest BCUT2D eigenvalue weighted by Crippen LogP contribution is -2.41. The van der Waals surface area contributed by atoms with Crippen LogP contribution in [0, 0.1) is 0 Å². The molecule has 0 radical (unpaired) electrons. The second-order valence-corrected chi connectivity index (χ2v) is 8.78. The standard InChI is InChI=1S/C15H20N2O3S2/c1-17(13-7-5-9-15(13)21-2)22(18,19)10-12-11-6-3-4-8-14(11)20-16-12/h3-4,6,8,13,15H,5,7,9-10H2,1-2H3/t13-,15-/m0/s1. The number of nitrogens with zero attached hydrogens (tertiary/aromatic N) is 2. The van der Waals surface area contributed by atoms with Gasteiger partial charge >= 0.3 is 0 Å². The number of sulfonamides is 1. The first kappa shape index (κ1) is 15.8. The highest BCUT2D eigenvalue weighted by Crippen LogP contribution is 2.33. The Kier molecular flexibility index (Phi) is 4.47. The maximum Gasteiger partial charge on any atom is 0.220 e. The van der Waals surface area contributed by atoms with E-state index in [9.17, 15) is 8.42 Å². The molecule has 120 valence electrons. The Morgan fingerprint density at radius 3 is 2.91 bits per heavy atom. The van der Waals surface area contributed by atoms with E-state index in [0.717, 1.165) is 24.6 Å². The quantitative estimate of drug-likeness (QED) is 0.837. The summed E-state index contributed by atoms with van der Waals surface area (Å²) < 4.78 is 32.2. The van der Waals surface area contributed by atoms with Crippen LogP contribution in [0.2, 0.25) is 0 Å². The molecule has 3 rings (SSSR count). The number of benzene rings is 1. The zero-order chi connectivity index (χ0) is 15.7. The molecule has 1 heterocycles. The van der Waals surface area contributed by atoms with Crippen LogP contribution < -0.4 is 0 Å². The Morgan fingerprint density at radius 1 is 1.36 bits per heavy atom. The van der Waals surface area contributed by atoms with E-state index in [2.05, 4.69) is 11.4 Å². The highest BCUT2D eigenvalue weighted by atomic mass is 32.2. The summed E-state index contributed by atoms with van der Waals surface area (Å²) in [7, 11) is -1.71. The Balaban J connectivity index is 1.84. The smallest absolute Gasteiger partial charge is 0.220 e. The van der Waals surface area contributed by atoms with Crippen LogP contribution in [0.5, 0.6) is 0 Å². The van der Waals surface area contributed by atoms with Crippen molar-refractivity contribution in [1.29, 1.82) is 0 Å². The molecule has 0 spiro atoms. The summed E-state index contributed by atoms with van der Waals surface area (Å²) in [6, 6.07) is 7.43. The first-order chi connectivity index (χ1) is 10.5. The summed E-state index contributed by atoms with van der Waals surface area (Å²) in [4.78, 5) is 0. The van der Waals surface area contributed by atoms with Crippen LogP contribution in [-0.4, -0.2) is 42.5 Å². The molecule has 2 atom stereocenters. The van der Waals surface area contributed by atoms with E-state index >= 15 is 0 Å². The molecular weight excluding hydrogens is 320 g/mol. The van der Waals surface area contributed by atoms with Crippen molar-refractivity contribution in [2.75, 3.05) is 13.3 Å². The van der Waals surface area contributed by atoms with Crippen molar-refractivity contribution >= 4 is 32.8 Å². The number of fused-ring (bicyclic) bond motifs is 1. The van der Waals surface area contributed by atoms with Gasteiger partial charge in [0.1, 0.15) is 11.4 Å². The van der Waals surface area contributed by atoms with Gasteiger partial charge < -0.3 is 4.52 Å². The lowest BCUT2D eigenvalue weighted by molar-refractivity contribution is 0.376. The van der Waals surface area contributed by atoms with Gasteiger partial charge in [0.15, 0.2) is 5.58 Å². The first-order valence-corrected chi connectivity index (χ1v) is 10.2. The molecule has 1 aromatic carbocycles. The molecular formula is C15H20N2O3S2. The number of para-hydroxylation sites is 1. The highest BCUT2D eigenvalue weighted by Gasteiger charge is 2.36. The number of hydrogen-bond acceptors (Lipinski definition) is 5. The van der Waals surface area contributed by atoms with E-state index in [1.54, 1.807) is 29.2 Å². The number of thioether (sulfide) groups is 1. The maximum atomic E-state index is 12.7. The molecule has 0 N–H and O–H groups in total. The average molecular weight is 340 g/mol. The Morgan fingerprint density at radius 2 is 2.14 bits per heavy atom. The zero-order valence-corrected chi connectivity index (χ0v) is 14.4. The molecule has 2 aromatic rings. The SMILES string of the molecule is CS[C@H]1CCC[C@@H]1N(C)S(=O)(=O)Cc1noc2ccccc12. The second-order valence-electron chi connectivity index (χ2n) is 5.67. The van der Waals surface area contributed by atoms with Crippen LogP contribution in [-0.2, 0) is 15.8 Å². The summed E-state index contributed by atoms with van der Waals surface area (Å²) in [6.07, 6.45) is 5.15. The van der Waals surface area contributed by atoms with E-state index in [0.29, 0.717) is 16.5 Å². The van der Waals surface area contributed by atoms with Gasteiger partial charge in [0.05, 0.1) is 0 Å². The van der Waals surface area contributed by atoms with Gasteiger partial charge in [-0.05, 0) is 31.2 Å². The molecule has 1 aliphatic rings. The van der Waals surface area contributed by atoms with Crippen molar-refractivity contribution in [1.82, 2.24) is 9.46 Å². The Hall–Kier alpha value is -1.05. The van der Waals surface area contributed by atoms with E-state index in [1.807, 2.05) is 18.2 Å². The molecule has 1 saturated carbocycles. The first-order valence-electron chi connectivity index (χ1n) is 7.34. The highest BCUT2D eigenvalue weighted by molar-refractivity contribution is 7.99. The Labute approximate surface area is 135 Å². The van der Waals surface area contributed by atoms with Crippen LogP contribution in [0.15, 0.2) is 28.8 Å². The molecule has 7 heteroatoms. The van der Waals surface area contributed by atoms with E-state index in [-0.39, 0.29) is 11.8 Å². The minimum absolute atomic E-state index is 0.0816. The summed E-state index contributed by atoms with van der Waals surface area (Å²) in [6.45, 7) is 0. The van der Waals surface area contributed by atoms with Crippen LogP contribution >= 0.6 is 11.8 Å². The summed E-state index contributed by atoms with van der Waals surface area (Å²) in [5.41, 5.74) is 1.11. The van der Waals surface area contributed by atoms with E-state index in [1.165, 1.54) is 0 Å². The molecule has 0 amide bonds. The van der Waals surface area contributed by atoms with Gasteiger partial charge in [-0.25, -0.2) is 12.7 Å². The van der Waals surface area contributed by atoms with Crippen molar-refractivity contribution in [3.05, 3.63) is 30.0 Å². The number of hydrogen-bond donors (Lipinski definition) is 0. The van der Waals surface area contributed by atoms with Gasteiger partial charge in [-0.2, -0.15) is 11.8 Å². The molecule has 0 unspecified atom stereocenters. The summed E-state index contributed by atoms with van der Waals surface area (Å²) in [5, 5.41) is 5.10. The van der Waals surface area contributed by atoms with Crippen LogP contribution in [0.25, 0.3) is 11.0 Å². The average Bonchev–Trinajstić information content (AvgIpc) is 3.13. The van der Waals surface area contributed by atoms with Gasteiger partial charge in [-0.15, -0.1) is 0 Å². The van der Waals surface area contributed by atoms with E-state index in [4.69, 9.17) is 4.52 Å². The van der Waals surface area contributed by atoms with Crippen LogP contribution in [0.4, 0.5) is 0 Å². The fourth-order valence-corrected chi connectivity index (χ4v) is 5.65. The molecule has 5 nitrogen and oxygen atoms in total. The van der Waals surface area contributed by atoms with Crippen LogP contribution in [0.1, 0.15) is 25.0 Å². The minimum atomic E-state index is -3.40. The minimum Gasteiger partial charge on any atom is -0.356 e. The zero-order valence-electron chi connectivity index (χ0n) is 12.7. The third-order valence-corrected chi connectivity index (χ3v) is 7.34. The van der Waals surface area contributed by atoms with Gasteiger partial charge in [0.2, 0.25) is 10.0 Å². The molecule has 1 fully saturated rings. The predicted octanol–water partition coefficient (Wildman–Crippen LogP) is 2.87. The number of rotatable bonds is 5. The topological polar surface area (TPSA) is 63.4 Å². The third kappa shape index (κ3) is 2.89. The number of aromatic nitrogens is 1. The monoisotopic (exact) mass is 340 g/mol. The molecule has 1 aliphatic carbocycles. The van der Waals surface area contributed by atoms with Crippen molar-refractivity contribution < 1.29 is 12.9 Å². The summed E-state index contributed by atoms with van der Waals surface area (Å²) >= 11 is 1.76. The molecule has 0 aliphatic heterocycles. The molecule has 1 aromatic heterocycles. The molecule has 22 heavy (non-hydrogen) atoms. The fourth-order valence-electron chi connectivity index (χ4n) is 3.12. The Bertz CT molecular complexity index is 757.